The number of rotatable bonds is 6. The van der Waals surface area contributed by atoms with E-state index in [9.17, 15) is 9.59 Å². The molecule has 0 aliphatic carbocycles. The van der Waals surface area contributed by atoms with E-state index >= 15 is 0 Å². The van der Waals surface area contributed by atoms with Gasteiger partial charge in [0.1, 0.15) is 6.04 Å². The average molecular weight is 276 g/mol. The van der Waals surface area contributed by atoms with Gasteiger partial charge >= 0.3 is 5.97 Å². The zero-order valence-electron chi connectivity index (χ0n) is 11.1. The number of pyridine rings is 1. The number of carbonyl (C=O) groups excluding carboxylic acids is 1. The van der Waals surface area contributed by atoms with Crippen molar-refractivity contribution in [3.8, 4) is 0 Å². The molecule has 20 heavy (non-hydrogen) atoms. The van der Waals surface area contributed by atoms with Gasteiger partial charge in [-0.15, -0.1) is 0 Å². The van der Waals surface area contributed by atoms with Crippen LogP contribution in [0.15, 0.2) is 36.7 Å². The molecule has 0 saturated heterocycles. The van der Waals surface area contributed by atoms with Crippen molar-refractivity contribution >= 4 is 17.4 Å². The predicted octanol–water partition coefficient (Wildman–Crippen LogP) is 1.16. The van der Waals surface area contributed by atoms with Gasteiger partial charge in [0.05, 0.1) is 5.56 Å². The van der Waals surface area contributed by atoms with Crippen molar-refractivity contribution < 1.29 is 19.4 Å². The molecule has 0 radical (unpaired) electrons. The molecule has 106 valence electrons. The average Bonchev–Trinajstić information content (AvgIpc) is 2.86. The molecule has 1 atom stereocenters. The number of nitrogens with zero attached hydrogens (tertiary/aromatic N) is 1. The minimum atomic E-state index is -1.07. The zero-order valence-corrected chi connectivity index (χ0v) is 11.1. The number of ether oxygens (including phenoxy) is 1. The summed E-state index contributed by atoms with van der Waals surface area (Å²) in [7, 11) is 1.49. The van der Waals surface area contributed by atoms with Gasteiger partial charge in [0.25, 0.3) is 5.91 Å². The molecule has 2 N–H and O–H groups in total. The summed E-state index contributed by atoms with van der Waals surface area (Å²) >= 11 is 0. The number of hydrogen-bond acceptors (Lipinski definition) is 3. The fraction of sp³-hybridized carbons (Fsp3) is 0.286. The van der Waals surface area contributed by atoms with E-state index in [4.69, 9.17) is 9.84 Å². The maximum atomic E-state index is 12.1. The van der Waals surface area contributed by atoms with Crippen LogP contribution in [-0.2, 0) is 9.53 Å². The van der Waals surface area contributed by atoms with E-state index in [0.717, 1.165) is 5.52 Å². The van der Waals surface area contributed by atoms with Crippen LogP contribution in [0.4, 0.5) is 0 Å². The Bertz CT molecular complexity index is 587. The molecule has 0 fully saturated rings. The first-order chi connectivity index (χ1) is 9.61. The Kier molecular flexibility index (Phi) is 4.37. The van der Waals surface area contributed by atoms with Crippen LogP contribution in [0.3, 0.4) is 0 Å². The van der Waals surface area contributed by atoms with Crippen LogP contribution in [0, 0.1) is 0 Å². The van der Waals surface area contributed by atoms with Crippen molar-refractivity contribution in [2.45, 2.75) is 12.5 Å². The monoisotopic (exact) mass is 276 g/mol. The van der Waals surface area contributed by atoms with E-state index in [1.807, 2.05) is 24.4 Å². The second kappa shape index (κ2) is 6.21. The van der Waals surface area contributed by atoms with Crippen molar-refractivity contribution in [2.24, 2.45) is 0 Å². The van der Waals surface area contributed by atoms with Crippen LogP contribution < -0.4 is 5.32 Å². The van der Waals surface area contributed by atoms with E-state index in [2.05, 4.69) is 5.32 Å². The summed E-state index contributed by atoms with van der Waals surface area (Å²) in [6, 6.07) is 6.36. The number of fused-ring (bicyclic) bond motifs is 1. The number of methoxy groups -OCH3 is 1. The summed E-state index contributed by atoms with van der Waals surface area (Å²) in [5.41, 5.74) is 1.31. The Morgan fingerprint density at radius 3 is 2.90 bits per heavy atom. The third-order valence-electron chi connectivity index (χ3n) is 2.98. The SMILES string of the molecule is COCCC(NC(=O)c1cc2ccccn2c1)C(=O)O. The fourth-order valence-electron chi connectivity index (χ4n) is 1.91. The third kappa shape index (κ3) is 3.16. The molecule has 0 aromatic carbocycles. The second-order valence-electron chi connectivity index (χ2n) is 4.41. The Labute approximate surface area is 116 Å². The van der Waals surface area contributed by atoms with Gasteiger partial charge in [-0.2, -0.15) is 0 Å². The summed E-state index contributed by atoms with van der Waals surface area (Å²) in [5, 5.41) is 11.6. The number of aliphatic carboxylic acids is 1. The van der Waals surface area contributed by atoms with Gasteiger partial charge in [-0.25, -0.2) is 4.79 Å². The van der Waals surface area contributed by atoms with Gasteiger partial charge < -0.3 is 19.6 Å². The van der Waals surface area contributed by atoms with Crippen LogP contribution >= 0.6 is 0 Å². The first-order valence-corrected chi connectivity index (χ1v) is 6.21. The van der Waals surface area contributed by atoms with Gasteiger partial charge in [-0.05, 0) is 18.2 Å². The molecule has 0 aliphatic heterocycles. The summed E-state index contributed by atoms with van der Waals surface area (Å²) in [5.74, 6) is -1.48. The molecule has 0 aliphatic rings. The van der Waals surface area contributed by atoms with Crippen LogP contribution in [0.2, 0.25) is 0 Å². The number of hydrogen-bond donors (Lipinski definition) is 2. The molecule has 2 rings (SSSR count). The van der Waals surface area contributed by atoms with E-state index in [0.29, 0.717) is 5.56 Å². The lowest BCUT2D eigenvalue weighted by molar-refractivity contribution is -0.139. The van der Waals surface area contributed by atoms with Crippen molar-refractivity contribution in [2.75, 3.05) is 13.7 Å². The molecule has 1 unspecified atom stereocenters. The number of nitrogens with one attached hydrogen (secondary N) is 1. The number of carboxylic acids is 1. The Hall–Kier alpha value is -2.34. The minimum absolute atomic E-state index is 0.227. The molecule has 6 heteroatoms. The smallest absolute Gasteiger partial charge is 0.326 e. The normalized spacial score (nSPS) is 12.2. The van der Waals surface area contributed by atoms with Gasteiger partial charge in [-0.1, -0.05) is 6.07 Å². The van der Waals surface area contributed by atoms with Gasteiger partial charge in [0, 0.05) is 38.0 Å². The molecular formula is C14H16N2O4. The predicted molar refractivity (Wildman–Crippen MR) is 72.8 cm³/mol. The highest BCUT2D eigenvalue weighted by molar-refractivity contribution is 5.97. The summed E-state index contributed by atoms with van der Waals surface area (Å²) in [6.45, 7) is 0.273. The van der Waals surface area contributed by atoms with Crippen molar-refractivity contribution in [1.29, 1.82) is 0 Å². The lowest BCUT2D eigenvalue weighted by Crippen LogP contribution is -2.41. The van der Waals surface area contributed by atoms with Crippen LogP contribution in [-0.4, -0.2) is 41.1 Å². The number of carboxylic acid groups (broad SMARTS) is 1. The highest BCUT2D eigenvalue weighted by Crippen LogP contribution is 2.10. The number of aromatic nitrogens is 1. The van der Waals surface area contributed by atoms with Crippen molar-refractivity contribution in [1.82, 2.24) is 9.72 Å². The van der Waals surface area contributed by atoms with Crippen molar-refractivity contribution in [3.63, 3.8) is 0 Å². The molecule has 2 heterocycles. The first-order valence-electron chi connectivity index (χ1n) is 6.21. The fourth-order valence-corrected chi connectivity index (χ4v) is 1.91. The van der Waals surface area contributed by atoms with Gasteiger partial charge in [0.2, 0.25) is 0 Å². The maximum absolute atomic E-state index is 12.1. The maximum Gasteiger partial charge on any atom is 0.326 e. The summed E-state index contributed by atoms with van der Waals surface area (Å²) < 4.78 is 6.64. The summed E-state index contributed by atoms with van der Waals surface area (Å²) in [6.07, 6.45) is 3.72. The van der Waals surface area contributed by atoms with Gasteiger partial charge in [0.15, 0.2) is 0 Å². The largest absolute Gasteiger partial charge is 0.480 e. The van der Waals surface area contributed by atoms with Crippen LogP contribution in [0.1, 0.15) is 16.8 Å². The lowest BCUT2D eigenvalue weighted by Gasteiger charge is -2.13. The third-order valence-corrected chi connectivity index (χ3v) is 2.98. The van der Waals surface area contributed by atoms with E-state index in [1.54, 1.807) is 16.7 Å². The standard InChI is InChI=1S/C14H16N2O4/c1-20-7-5-12(14(18)19)15-13(17)10-8-11-4-2-3-6-16(11)9-10/h2-4,6,8-9,12H,5,7H2,1H3,(H,15,17)(H,18,19). The second-order valence-corrected chi connectivity index (χ2v) is 4.41. The van der Waals surface area contributed by atoms with E-state index in [1.165, 1.54) is 7.11 Å². The van der Waals surface area contributed by atoms with Crippen LogP contribution in [0.25, 0.3) is 5.52 Å². The first kappa shape index (κ1) is 14.1. The van der Waals surface area contributed by atoms with Crippen molar-refractivity contribution in [3.05, 3.63) is 42.2 Å². The number of amides is 1. The Morgan fingerprint density at radius 1 is 1.45 bits per heavy atom. The lowest BCUT2D eigenvalue weighted by atomic mass is 10.2. The quantitative estimate of drug-likeness (QED) is 0.829. The molecule has 0 spiro atoms. The zero-order chi connectivity index (χ0) is 14.5. The Morgan fingerprint density at radius 2 is 2.25 bits per heavy atom. The topological polar surface area (TPSA) is 80.0 Å². The molecular weight excluding hydrogens is 260 g/mol. The van der Waals surface area contributed by atoms with Gasteiger partial charge in [-0.3, -0.25) is 4.79 Å². The molecule has 0 bridgehead atoms. The number of carbonyl (C=O) groups is 2. The highest BCUT2D eigenvalue weighted by Gasteiger charge is 2.20. The molecule has 2 aromatic heterocycles. The molecule has 1 amide bonds. The molecule has 2 aromatic rings. The van der Waals surface area contributed by atoms with E-state index in [-0.39, 0.29) is 13.0 Å². The minimum Gasteiger partial charge on any atom is -0.480 e. The van der Waals surface area contributed by atoms with Crippen LogP contribution in [0.5, 0.6) is 0 Å². The molecule has 6 nitrogen and oxygen atoms in total. The summed E-state index contributed by atoms with van der Waals surface area (Å²) in [4.78, 5) is 23.1. The Balaban J connectivity index is 2.11. The molecule has 0 saturated carbocycles. The highest BCUT2D eigenvalue weighted by atomic mass is 16.5. The van der Waals surface area contributed by atoms with E-state index < -0.39 is 17.9 Å².